The molecule has 5 heteroatoms. The summed E-state index contributed by atoms with van der Waals surface area (Å²) in [5, 5.41) is 3.06. The number of piperidine rings is 1. The second-order valence-corrected chi connectivity index (χ2v) is 7.39. The van der Waals surface area contributed by atoms with E-state index in [0.717, 1.165) is 36.6 Å². The largest absolute Gasteiger partial charge is 0.352 e. The standard InChI is InChI=1S/C21H28FN3O/c1-15-13-20(16(2)25(15)19-6-4-5-18(22)14-19)21(26)23-10-7-17-8-11-24(3)12-9-17/h4-6,13-14,17H,7-12H2,1-3H3,(H,23,26). The summed E-state index contributed by atoms with van der Waals surface area (Å²) in [6.07, 6.45) is 3.45. The van der Waals surface area contributed by atoms with Crippen LogP contribution in [0.4, 0.5) is 4.39 Å². The summed E-state index contributed by atoms with van der Waals surface area (Å²) in [6, 6.07) is 8.33. The Hall–Kier alpha value is -2.14. The second kappa shape index (κ2) is 8.04. The third kappa shape index (κ3) is 4.15. The molecule has 0 spiro atoms. The van der Waals surface area contributed by atoms with Crippen molar-refractivity contribution < 1.29 is 9.18 Å². The quantitative estimate of drug-likeness (QED) is 0.886. The van der Waals surface area contributed by atoms with Crippen molar-refractivity contribution in [3.63, 3.8) is 0 Å². The molecule has 1 amide bonds. The van der Waals surface area contributed by atoms with Gasteiger partial charge < -0.3 is 14.8 Å². The van der Waals surface area contributed by atoms with Crippen molar-refractivity contribution in [2.75, 3.05) is 26.7 Å². The van der Waals surface area contributed by atoms with E-state index in [1.165, 1.54) is 25.0 Å². The van der Waals surface area contributed by atoms with Crippen LogP contribution in [0, 0.1) is 25.6 Å². The zero-order valence-electron chi connectivity index (χ0n) is 15.9. The van der Waals surface area contributed by atoms with Gasteiger partial charge in [0.05, 0.1) is 5.56 Å². The highest BCUT2D eigenvalue weighted by Gasteiger charge is 2.19. The molecule has 1 fully saturated rings. The van der Waals surface area contributed by atoms with Crippen LogP contribution >= 0.6 is 0 Å². The molecular weight excluding hydrogens is 329 g/mol. The number of likely N-dealkylation sites (tertiary alicyclic amines) is 1. The fourth-order valence-electron chi connectivity index (χ4n) is 3.84. The van der Waals surface area contributed by atoms with Gasteiger partial charge in [0, 0.05) is 23.6 Å². The summed E-state index contributed by atoms with van der Waals surface area (Å²) in [5.74, 6) is 0.374. The van der Waals surface area contributed by atoms with E-state index >= 15 is 0 Å². The van der Waals surface area contributed by atoms with Gasteiger partial charge in [-0.25, -0.2) is 4.39 Å². The number of amides is 1. The number of rotatable bonds is 5. The number of nitrogens with zero attached hydrogens (tertiary/aromatic N) is 2. The van der Waals surface area contributed by atoms with Crippen LogP contribution in [0.15, 0.2) is 30.3 Å². The van der Waals surface area contributed by atoms with Crippen LogP contribution < -0.4 is 5.32 Å². The molecule has 0 radical (unpaired) electrons. The van der Waals surface area contributed by atoms with E-state index < -0.39 is 0 Å². The van der Waals surface area contributed by atoms with Gasteiger partial charge in [-0.05, 0) is 83.4 Å². The van der Waals surface area contributed by atoms with Gasteiger partial charge in [-0.1, -0.05) is 6.07 Å². The zero-order chi connectivity index (χ0) is 18.7. The molecule has 2 heterocycles. The first-order chi connectivity index (χ1) is 12.5. The van der Waals surface area contributed by atoms with Crippen molar-refractivity contribution in [1.82, 2.24) is 14.8 Å². The minimum atomic E-state index is -0.279. The number of benzene rings is 1. The molecule has 2 aromatic rings. The average molecular weight is 357 g/mol. The molecule has 140 valence electrons. The highest BCUT2D eigenvalue weighted by molar-refractivity contribution is 5.95. The molecule has 0 unspecified atom stereocenters. The first-order valence-electron chi connectivity index (χ1n) is 9.37. The number of carbonyl (C=O) groups excluding carboxylic acids is 1. The lowest BCUT2D eigenvalue weighted by atomic mass is 9.94. The smallest absolute Gasteiger partial charge is 0.253 e. The van der Waals surface area contributed by atoms with Gasteiger partial charge in [0.15, 0.2) is 0 Å². The van der Waals surface area contributed by atoms with Crippen molar-refractivity contribution in [3.8, 4) is 5.69 Å². The van der Waals surface area contributed by atoms with Crippen LogP contribution in [-0.4, -0.2) is 42.1 Å². The van der Waals surface area contributed by atoms with Gasteiger partial charge in [0.1, 0.15) is 5.82 Å². The van der Waals surface area contributed by atoms with Crippen molar-refractivity contribution >= 4 is 5.91 Å². The number of hydrogen-bond donors (Lipinski definition) is 1. The Labute approximate surface area is 155 Å². The number of carbonyl (C=O) groups is 1. The second-order valence-electron chi connectivity index (χ2n) is 7.39. The minimum absolute atomic E-state index is 0.0475. The minimum Gasteiger partial charge on any atom is -0.352 e. The van der Waals surface area contributed by atoms with Crippen LogP contribution in [0.25, 0.3) is 5.69 Å². The molecule has 1 aromatic heterocycles. The van der Waals surface area contributed by atoms with E-state index in [0.29, 0.717) is 18.0 Å². The third-order valence-electron chi connectivity index (χ3n) is 5.42. The number of aromatic nitrogens is 1. The van der Waals surface area contributed by atoms with Gasteiger partial charge in [0.2, 0.25) is 0 Å². The van der Waals surface area contributed by atoms with Gasteiger partial charge in [0.25, 0.3) is 5.91 Å². The molecule has 1 saturated heterocycles. The van der Waals surface area contributed by atoms with Crippen molar-refractivity contribution in [3.05, 3.63) is 53.1 Å². The summed E-state index contributed by atoms with van der Waals surface area (Å²) in [5.41, 5.74) is 3.17. The Balaban J connectivity index is 1.64. The molecule has 4 nitrogen and oxygen atoms in total. The summed E-state index contributed by atoms with van der Waals surface area (Å²) in [6.45, 7) is 6.84. The Morgan fingerprint density at radius 1 is 1.23 bits per heavy atom. The first-order valence-corrected chi connectivity index (χ1v) is 9.37. The van der Waals surface area contributed by atoms with Crippen LogP contribution in [0.5, 0.6) is 0 Å². The van der Waals surface area contributed by atoms with E-state index in [4.69, 9.17) is 0 Å². The molecule has 0 atom stereocenters. The first kappa shape index (κ1) is 18.6. The molecule has 1 aliphatic rings. The molecule has 1 aromatic carbocycles. The lowest BCUT2D eigenvalue weighted by Crippen LogP contribution is -2.32. The average Bonchev–Trinajstić information content (AvgIpc) is 2.91. The number of hydrogen-bond acceptors (Lipinski definition) is 2. The van der Waals surface area contributed by atoms with Gasteiger partial charge in [-0.3, -0.25) is 4.79 Å². The van der Waals surface area contributed by atoms with E-state index in [1.54, 1.807) is 6.07 Å². The van der Waals surface area contributed by atoms with Gasteiger partial charge in [-0.15, -0.1) is 0 Å². The molecule has 0 saturated carbocycles. The SMILES string of the molecule is Cc1cc(C(=O)NCCC2CCN(C)CC2)c(C)n1-c1cccc(F)c1. The Kier molecular flexibility index (Phi) is 5.77. The number of nitrogens with one attached hydrogen (secondary N) is 1. The zero-order valence-corrected chi connectivity index (χ0v) is 15.9. The van der Waals surface area contributed by atoms with E-state index in [2.05, 4.69) is 17.3 Å². The highest BCUT2D eigenvalue weighted by atomic mass is 19.1. The fourth-order valence-corrected chi connectivity index (χ4v) is 3.84. The summed E-state index contributed by atoms with van der Waals surface area (Å²) in [4.78, 5) is 15.0. The summed E-state index contributed by atoms with van der Waals surface area (Å²) in [7, 11) is 2.16. The lowest BCUT2D eigenvalue weighted by Gasteiger charge is -2.28. The molecule has 1 N–H and O–H groups in total. The van der Waals surface area contributed by atoms with E-state index in [-0.39, 0.29) is 11.7 Å². The maximum atomic E-state index is 13.6. The van der Waals surface area contributed by atoms with Crippen LogP contribution in [0.3, 0.4) is 0 Å². The predicted molar refractivity (Wildman–Crippen MR) is 102 cm³/mol. The Morgan fingerprint density at radius 2 is 1.96 bits per heavy atom. The number of aryl methyl sites for hydroxylation is 1. The maximum Gasteiger partial charge on any atom is 0.253 e. The molecule has 0 bridgehead atoms. The topological polar surface area (TPSA) is 37.3 Å². The Morgan fingerprint density at radius 3 is 2.65 bits per heavy atom. The Bertz CT molecular complexity index is 776. The molecule has 1 aliphatic heterocycles. The fraction of sp³-hybridized carbons (Fsp3) is 0.476. The summed E-state index contributed by atoms with van der Waals surface area (Å²) >= 11 is 0. The van der Waals surface area contributed by atoms with Crippen molar-refractivity contribution in [2.24, 2.45) is 5.92 Å². The highest BCUT2D eigenvalue weighted by Crippen LogP contribution is 2.22. The van der Waals surface area contributed by atoms with E-state index in [9.17, 15) is 9.18 Å². The molecule has 3 rings (SSSR count). The molecule has 26 heavy (non-hydrogen) atoms. The van der Waals surface area contributed by atoms with Crippen LogP contribution in [0.1, 0.15) is 41.0 Å². The maximum absolute atomic E-state index is 13.6. The van der Waals surface area contributed by atoms with Crippen molar-refractivity contribution in [2.45, 2.75) is 33.1 Å². The molecule has 0 aliphatic carbocycles. The number of halogens is 1. The van der Waals surface area contributed by atoms with Crippen molar-refractivity contribution in [1.29, 1.82) is 0 Å². The normalized spacial score (nSPS) is 16.0. The summed E-state index contributed by atoms with van der Waals surface area (Å²) < 4.78 is 15.5. The predicted octanol–water partition coefficient (Wildman–Crippen LogP) is 3.69. The van der Waals surface area contributed by atoms with Crippen LogP contribution in [0.2, 0.25) is 0 Å². The van der Waals surface area contributed by atoms with Gasteiger partial charge in [-0.2, -0.15) is 0 Å². The molecular formula is C21H28FN3O. The monoisotopic (exact) mass is 357 g/mol. The van der Waals surface area contributed by atoms with Crippen LogP contribution in [-0.2, 0) is 0 Å². The van der Waals surface area contributed by atoms with Gasteiger partial charge >= 0.3 is 0 Å². The van der Waals surface area contributed by atoms with E-state index in [1.807, 2.05) is 30.5 Å². The lowest BCUT2D eigenvalue weighted by molar-refractivity contribution is 0.0948. The third-order valence-corrected chi connectivity index (χ3v) is 5.42.